The maximum absolute atomic E-state index is 12.0. The molecule has 1 atom stereocenters. The van der Waals surface area contributed by atoms with Gasteiger partial charge >= 0.3 is 0 Å². The van der Waals surface area contributed by atoms with Crippen molar-refractivity contribution in [3.05, 3.63) is 58.1 Å². The highest BCUT2D eigenvalue weighted by Gasteiger charge is 2.09. The van der Waals surface area contributed by atoms with E-state index in [9.17, 15) is 4.79 Å². The SMILES string of the molecule is COc1ccc(NC(=O)CN[C@H](C)c2ccc(Cl)cc2)cc1Cl. The van der Waals surface area contributed by atoms with Gasteiger partial charge in [0.15, 0.2) is 0 Å². The Bertz CT molecular complexity index is 675. The zero-order chi connectivity index (χ0) is 16.8. The quantitative estimate of drug-likeness (QED) is 0.815. The molecule has 2 N–H and O–H groups in total. The van der Waals surface area contributed by atoms with Gasteiger partial charge in [-0.05, 0) is 42.8 Å². The number of nitrogens with one attached hydrogen (secondary N) is 2. The van der Waals surface area contributed by atoms with E-state index < -0.39 is 0 Å². The highest BCUT2D eigenvalue weighted by molar-refractivity contribution is 6.32. The second-order valence-corrected chi connectivity index (χ2v) is 5.90. The highest BCUT2D eigenvalue weighted by atomic mass is 35.5. The third-order valence-electron chi connectivity index (χ3n) is 3.37. The molecule has 0 aliphatic rings. The largest absolute Gasteiger partial charge is 0.495 e. The van der Waals surface area contributed by atoms with Crippen LogP contribution in [0.4, 0.5) is 5.69 Å². The topological polar surface area (TPSA) is 50.4 Å². The lowest BCUT2D eigenvalue weighted by molar-refractivity contribution is -0.115. The minimum atomic E-state index is -0.146. The Kier molecular flexibility index (Phi) is 6.28. The molecule has 0 aromatic heterocycles. The molecule has 0 fully saturated rings. The predicted molar refractivity (Wildman–Crippen MR) is 94.5 cm³/mol. The van der Waals surface area contributed by atoms with E-state index in [1.54, 1.807) is 25.3 Å². The summed E-state index contributed by atoms with van der Waals surface area (Å²) in [4.78, 5) is 12.0. The molecule has 2 rings (SSSR count). The molecule has 4 nitrogen and oxygen atoms in total. The van der Waals surface area contributed by atoms with Gasteiger partial charge in [-0.1, -0.05) is 35.3 Å². The van der Waals surface area contributed by atoms with Crippen molar-refractivity contribution in [3.63, 3.8) is 0 Å². The van der Waals surface area contributed by atoms with Crippen molar-refractivity contribution in [3.8, 4) is 5.75 Å². The molecular formula is C17H18Cl2N2O2. The molecule has 122 valence electrons. The number of methoxy groups -OCH3 is 1. The molecule has 0 heterocycles. The van der Waals surface area contributed by atoms with Crippen LogP contribution in [-0.2, 0) is 4.79 Å². The van der Waals surface area contributed by atoms with Crippen LogP contribution < -0.4 is 15.4 Å². The molecular weight excluding hydrogens is 335 g/mol. The number of halogens is 2. The fourth-order valence-corrected chi connectivity index (χ4v) is 2.45. The summed E-state index contributed by atoms with van der Waals surface area (Å²) in [5, 5.41) is 7.09. The van der Waals surface area contributed by atoms with Crippen molar-refractivity contribution >= 4 is 34.8 Å². The summed E-state index contributed by atoms with van der Waals surface area (Å²) in [5.74, 6) is 0.422. The second kappa shape index (κ2) is 8.20. The molecule has 0 aliphatic heterocycles. The number of ether oxygens (including phenoxy) is 1. The standard InChI is InChI=1S/C17H18Cl2N2O2/c1-11(12-3-5-13(18)6-4-12)20-10-17(22)21-14-7-8-16(23-2)15(19)9-14/h3-9,11,20H,10H2,1-2H3,(H,21,22)/t11-/m1/s1. The van der Waals surface area contributed by atoms with Gasteiger partial charge in [0.05, 0.1) is 18.7 Å². The van der Waals surface area contributed by atoms with Crippen molar-refractivity contribution < 1.29 is 9.53 Å². The minimum absolute atomic E-state index is 0.0393. The van der Waals surface area contributed by atoms with Gasteiger partial charge in [0.1, 0.15) is 5.75 Å². The summed E-state index contributed by atoms with van der Waals surface area (Å²) < 4.78 is 5.07. The number of amides is 1. The molecule has 0 saturated heterocycles. The van der Waals surface area contributed by atoms with Gasteiger partial charge in [-0.3, -0.25) is 4.79 Å². The van der Waals surface area contributed by atoms with Gasteiger partial charge in [0.25, 0.3) is 0 Å². The van der Waals surface area contributed by atoms with Gasteiger partial charge in [0.2, 0.25) is 5.91 Å². The molecule has 1 amide bonds. The second-order valence-electron chi connectivity index (χ2n) is 5.05. The lowest BCUT2D eigenvalue weighted by Crippen LogP contribution is -2.30. The van der Waals surface area contributed by atoms with Crippen molar-refractivity contribution in [1.29, 1.82) is 0 Å². The maximum atomic E-state index is 12.0. The molecule has 0 aliphatic carbocycles. The number of benzene rings is 2. The van der Waals surface area contributed by atoms with E-state index in [2.05, 4.69) is 10.6 Å². The summed E-state index contributed by atoms with van der Waals surface area (Å²) in [6.45, 7) is 2.17. The van der Waals surface area contributed by atoms with E-state index in [0.717, 1.165) is 5.56 Å². The molecule has 6 heteroatoms. The smallest absolute Gasteiger partial charge is 0.238 e. The number of rotatable bonds is 6. The third-order valence-corrected chi connectivity index (χ3v) is 3.92. The average Bonchev–Trinajstić information content (AvgIpc) is 2.53. The Morgan fingerprint density at radius 1 is 1.17 bits per heavy atom. The van der Waals surface area contributed by atoms with Crippen molar-refractivity contribution in [2.75, 3.05) is 19.0 Å². The lowest BCUT2D eigenvalue weighted by atomic mass is 10.1. The number of anilines is 1. The monoisotopic (exact) mass is 352 g/mol. The zero-order valence-electron chi connectivity index (χ0n) is 12.9. The van der Waals surface area contributed by atoms with Gasteiger partial charge < -0.3 is 15.4 Å². The minimum Gasteiger partial charge on any atom is -0.495 e. The van der Waals surface area contributed by atoms with Crippen molar-refractivity contribution in [1.82, 2.24) is 5.32 Å². The maximum Gasteiger partial charge on any atom is 0.238 e. The number of carbonyl (C=O) groups is 1. The first-order valence-electron chi connectivity index (χ1n) is 7.12. The van der Waals surface area contributed by atoms with Crippen LogP contribution in [0.15, 0.2) is 42.5 Å². The Morgan fingerprint density at radius 2 is 1.87 bits per heavy atom. The molecule has 0 saturated carbocycles. The van der Waals surface area contributed by atoms with Crippen LogP contribution in [-0.4, -0.2) is 19.6 Å². The molecule has 0 unspecified atom stereocenters. The van der Waals surface area contributed by atoms with E-state index in [-0.39, 0.29) is 18.5 Å². The first-order valence-corrected chi connectivity index (χ1v) is 7.87. The van der Waals surface area contributed by atoms with E-state index in [1.165, 1.54) is 0 Å². The first-order chi connectivity index (χ1) is 11.0. The number of hydrogen-bond donors (Lipinski definition) is 2. The molecule has 0 radical (unpaired) electrons. The van der Waals surface area contributed by atoms with E-state index in [1.807, 2.05) is 31.2 Å². The van der Waals surface area contributed by atoms with Crippen LogP contribution in [0.1, 0.15) is 18.5 Å². The molecule has 0 bridgehead atoms. The molecule has 0 spiro atoms. The molecule has 2 aromatic carbocycles. The highest BCUT2D eigenvalue weighted by Crippen LogP contribution is 2.27. The average molecular weight is 353 g/mol. The van der Waals surface area contributed by atoms with Crippen LogP contribution in [0.5, 0.6) is 5.75 Å². The fraction of sp³-hybridized carbons (Fsp3) is 0.235. The van der Waals surface area contributed by atoms with Gasteiger partial charge in [0, 0.05) is 16.8 Å². The van der Waals surface area contributed by atoms with Crippen molar-refractivity contribution in [2.24, 2.45) is 0 Å². The van der Waals surface area contributed by atoms with E-state index in [4.69, 9.17) is 27.9 Å². The van der Waals surface area contributed by atoms with Crippen LogP contribution in [0.25, 0.3) is 0 Å². The Hall–Kier alpha value is -1.75. The third kappa shape index (κ3) is 5.13. The lowest BCUT2D eigenvalue weighted by Gasteiger charge is -2.14. The van der Waals surface area contributed by atoms with E-state index in [0.29, 0.717) is 21.5 Å². The zero-order valence-corrected chi connectivity index (χ0v) is 14.4. The summed E-state index contributed by atoms with van der Waals surface area (Å²) in [6, 6.07) is 12.7. The normalized spacial score (nSPS) is 11.8. The van der Waals surface area contributed by atoms with Crippen LogP contribution in [0.2, 0.25) is 10.0 Å². The van der Waals surface area contributed by atoms with Crippen LogP contribution >= 0.6 is 23.2 Å². The first kappa shape index (κ1) is 17.6. The van der Waals surface area contributed by atoms with Gasteiger partial charge in [-0.2, -0.15) is 0 Å². The predicted octanol–water partition coefficient (Wildman–Crippen LogP) is 4.29. The fourth-order valence-electron chi connectivity index (χ4n) is 2.06. The van der Waals surface area contributed by atoms with Crippen LogP contribution in [0.3, 0.4) is 0 Å². The van der Waals surface area contributed by atoms with Crippen LogP contribution in [0, 0.1) is 0 Å². The number of carbonyl (C=O) groups excluding carboxylic acids is 1. The Labute approximate surface area is 145 Å². The summed E-state index contributed by atoms with van der Waals surface area (Å²) >= 11 is 11.9. The number of hydrogen-bond acceptors (Lipinski definition) is 3. The summed E-state index contributed by atoms with van der Waals surface area (Å²) in [7, 11) is 1.54. The van der Waals surface area contributed by atoms with Gasteiger partial charge in [-0.25, -0.2) is 0 Å². The summed E-state index contributed by atoms with van der Waals surface area (Å²) in [6.07, 6.45) is 0. The summed E-state index contributed by atoms with van der Waals surface area (Å²) in [5.41, 5.74) is 1.69. The van der Waals surface area contributed by atoms with E-state index >= 15 is 0 Å². The Morgan fingerprint density at radius 3 is 2.48 bits per heavy atom. The Balaban J connectivity index is 1.87. The van der Waals surface area contributed by atoms with Gasteiger partial charge in [-0.15, -0.1) is 0 Å². The van der Waals surface area contributed by atoms with Crippen molar-refractivity contribution in [2.45, 2.75) is 13.0 Å². The molecule has 2 aromatic rings. The molecule has 23 heavy (non-hydrogen) atoms.